The molecule has 9 heteroatoms. The number of aliphatic carboxylic acids is 1. The Bertz CT molecular complexity index is 1230. The lowest BCUT2D eigenvalue weighted by molar-refractivity contribution is -0.136. The number of pyridine rings is 1. The van der Waals surface area contributed by atoms with Crippen molar-refractivity contribution in [3.63, 3.8) is 0 Å². The largest absolute Gasteiger partial charge is 0.489 e. The second-order valence-electron chi connectivity index (χ2n) is 7.79. The predicted molar refractivity (Wildman–Crippen MR) is 125 cm³/mol. The zero-order valence-corrected chi connectivity index (χ0v) is 19.2. The molecule has 0 saturated carbocycles. The van der Waals surface area contributed by atoms with E-state index in [1.807, 2.05) is 68.7 Å². The highest BCUT2D eigenvalue weighted by Gasteiger charge is 2.12. The summed E-state index contributed by atoms with van der Waals surface area (Å²) in [6, 6.07) is 13.5. The maximum atomic E-state index is 10.9. The number of aromatic nitrogens is 5. The molecule has 3 heterocycles. The minimum absolute atomic E-state index is 0.0397. The molecule has 0 saturated heterocycles. The Morgan fingerprint density at radius 1 is 1.03 bits per heavy atom. The standard InChI is InChI=1S/C25H27N5O4/c1-3-33-25-20(9-12-24(31)32)15-29(28-25)14-19-7-10-22(11-8-19)34-17-21-16-30(27-18(21)2)23-6-4-5-13-26-23/h4-8,10-11,13,15-16H,3,9,12,14,17H2,1-2H3,(H,31,32). The van der Waals surface area contributed by atoms with Crippen molar-refractivity contribution in [3.8, 4) is 17.4 Å². The van der Waals surface area contributed by atoms with Gasteiger partial charge in [0.1, 0.15) is 12.4 Å². The van der Waals surface area contributed by atoms with Crippen LogP contribution in [0.3, 0.4) is 0 Å². The smallest absolute Gasteiger partial charge is 0.303 e. The molecule has 4 aromatic rings. The van der Waals surface area contributed by atoms with E-state index < -0.39 is 5.97 Å². The van der Waals surface area contributed by atoms with Crippen LogP contribution in [0.2, 0.25) is 0 Å². The number of benzene rings is 1. The number of carbonyl (C=O) groups is 1. The van der Waals surface area contributed by atoms with Crippen LogP contribution in [-0.2, 0) is 24.4 Å². The van der Waals surface area contributed by atoms with Crippen molar-refractivity contribution in [2.45, 2.75) is 39.8 Å². The number of carboxylic acid groups (broad SMARTS) is 1. The molecule has 0 aliphatic heterocycles. The molecule has 0 aliphatic carbocycles. The minimum Gasteiger partial charge on any atom is -0.489 e. The van der Waals surface area contributed by atoms with Gasteiger partial charge in [0.2, 0.25) is 5.88 Å². The first-order valence-electron chi connectivity index (χ1n) is 11.1. The number of nitrogens with zero attached hydrogens (tertiary/aromatic N) is 5. The first-order valence-corrected chi connectivity index (χ1v) is 11.1. The fourth-order valence-electron chi connectivity index (χ4n) is 3.48. The Morgan fingerprint density at radius 2 is 1.85 bits per heavy atom. The third-order valence-electron chi connectivity index (χ3n) is 5.23. The highest BCUT2D eigenvalue weighted by atomic mass is 16.5. The van der Waals surface area contributed by atoms with Gasteiger partial charge in [-0.05, 0) is 50.1 Å². The number of ether oxygens (including phenoxy) is 2. The molecule has 4 rings (SSSR count). The Morgan fingerprint density at radius 3 is 2.56 bits per heavy atom. The summed E-state index contributed by atoms with van der Waals surface area (Å²) >= 11 is 0. The van der Waals surface area contributed by atoms with Crippen molar-refractivity contribution in [2.75, 3.05) is 6.61 Å². The quantitative estimate of drug-likeness (QED) is 0.362. The van der Waals surface area contributed by atoms with E-state index >= 15 is 0 Å². The van der Waals surface area contributed by atoms with Gasteiger partial charge in [-0.15, -0.1) is 5.10 Å². The highest BCUT2D eigenvalue weighted by Crippen LogP contribution is 2.20. The van der Waals surface area contributed by atoms with E-state index in [0.29, 0.717) is 32.1 Å². The SMILES string of the molecule is CCOc1nn(Cc2ccc(OCc3cn(-c4ccccn4)nc3C)cc2)cc1CCC(=O)O. The van der Waals surface area contributed by atoms with Crippen molar-refractivity contribution in [2.24, 2.45) is 0 Å². The second kappa shape index (κ2) is 10.7. The monoisotopic (exact) mass is 461 g/mol. The maximum Gasteiger partial charge on any atom is 0.303 e. The number of aryl methyl sites for hydroxylation is 2. The molecule has 0 aliphatic rings. The van der Waals surface area contributed by atoms with Gasteiger partial charge >= 0.3 is 5.97 Å². The lowest BCUT2D eigenvalue weighted by atomic mass is 10.2. The van der Waals surface area contributed by atoms with E-state index in [-0.39, 0.29) is 6.42 Å². The summed E-state index contributed by atoms with van der Waals surface area (Å²) < 4.78 is 15.1. The van der Waals surface area contributed by atoms with E-state index in [2.05, 4.69) is 15.2 Å². The van der Waals surface area contributed by atoms with Crippen LogP contribution in [-0.4, -0.2) is 42.2 Å². The third kappa shape index (κ3) is 5.80. The zero-order valence-electron chi connectivity index (χ0n) is 19.2. The molecular formula is C25H27N5O4. The van der Waals surface area contributed by atoms with Crippen LogP contribution in [0, 0.1) is 6.92 Å². The molecule has 0 radical (unpaired) electrons. The predicted octanol–water partition coefficient (Wildman–Crippen LogP) is 3.82. The molecule has 3 aromatic heterocycles. The molecule has 0 amide bonds. The van der Waals surface area contributed by atoms with Crippen LogP contribution in [0.15, 0.2) is 61.1 Å². The van der Waals surface area contributed by atoms with Gasteiger partial charge in [0, 0.05) is 36.1 Å². The van der Waals surface area contributed by atoms with Gasteiger partial charge in [0.25, 0.3) is 0 Å². The zero-order chi connectivity index (χ0) is 23.9. The molecule has 0 bridgehead atoms. The summed E-state index contributed by atoms with van der Waals surface area (Å²) in [5, 5.41) is 17.9. The van der Waals surface area contributed by atoms with Crippen LogP contribution in [0.5, 0.6) is 11.6 Å². The molecule has 9 nitrogen and oxygen atoms in total. The average Bonchev–Trinajstić information content (AvgIpc) is 3.40. The second-order valence-corrected chi connectivity index (χ2v) is 7.79. The van der Waals surface area contributed by atoms with Gasteiger partial charge < -0.3 is 14.6 Å². The fourth-order valence-corrected chi connectivity index (χ4v) is 3.48. The third-order valence-corrected chi connectivity index (χ3v) is 5.23. The lowest BCUT2D eigenvalue weighted by Crippen LogP contribution is -2.02. The van der Waals surface area contributed by atoms with E-state index in [1.54, 1.807) is 15.6 Å². The van der Waals surface area contributed by atoms with Gasteiger partial charge in [-0.2, -0.15) is 5.10 Å². The van der Waals surface area contributed by atoms with Crippen LogP contribution in [0.25, 0.3) is 5.82 Å². The summed E-state index contributed by atoms with van der Waals surface area (Å²) in [7, 11) is 0. The summed E-state index contributed by atoms with van der Waals surface area (Å²) in [5.41, 5.74) is 3.72. The molecule has 1 aromatic carbocycles. The lowest BCUT2D eigenvalue weighted by Gasteiger charge is -2.07. The highest BCUT2D eigenvalue weighted by molar-refractivity contribution is 5.67. The van der Waals surface area contributed by atoms with Crippen molar-refractivity contribution >= 4 is 5.97 Å². The average molecular weight is 462 g/mol. The van der Waals surface area contributed by atoms with E-state index in [1.165, 1.54) is 0 Å². The topological polar surface area (TPSA) is 104 Å². The molecule has 34 heavy (non-hydrogen) atoms. The Hall–Kier alpha value is -4.14. The maximum absolute atomic E-state index is 10.9. The van der Waals surface area contributed by atoms with Crippen LogP contribution in [0.1, 0.15) is 35.7 Å². The minimum atomic E-state index is -0.843. The van der Waals surface area contributed by atoms with E-state index in [4.69, 9.17) is 14.6 Å². The molecule has 0 atom stereocenters. The molecule has 0 unspecified atom stereocenters. The van der Waals surface area contributed by atoms with Crippen molar-refractivity contribution in [3.05, 3.63) is 83.4 Å². The van der Waals surface area contributed by atoms with Gasteiger partial charge in [-0.3, -0.25) is 9.48 Å². The van der Waals surface area contributed by atoms with Gasteiger partial charge in [0.05, 0.1) is 18.8 Å². The summed E-state index contributed by atoms with van der Waals surface area (Å²) in [4.78, 5) is 15.2. The molecule has 176 valence electrons. The summed E-state index contributed by atoms with van der Waals surface area (Å²) in [5.74, 6) is 1.17. The number of hydrogen-bond acceptors (Lipinski definition) is 6. The van der Waals surface area contributed by atoms with Crippen LogP contribution in [0.4, 0.5) is 0 Å². The molecule has 0 fully saturated rings. The first-order chi connectivity index (χ1) is 16.5. The van der Waals surface area contributed by atoms with Crippen molar-refractivity contribution in [1.29, 1.82) is 0 Å². The van der Waals surface area contributed by atoms with Gasteiger partial charge in [-0.1, -0.05) is 18.2 Å². The molecular weight excluding hydrogens is 434 g/mol. The van der Waals surface area contributed by atoms with Crippen LogP contribution < -0.4 is 9.47 Å². The van der Waals surface area contributed by atoms with Crippen molar-refractivity contribution in [1.82, 2.24) is 24.5 Å². The summed E-state index contributed by atoms with van der Waals surface area (Å²) in [6.07, 6.45) is 5.94. The number of hydrogen-bond donors (Lipinski definition) is 1. The number of carboxylic acids is 1. The van der Waals surface area contributed by atoms with E-state index in [0.717, 1.165) is 34.0 Å². The Kier molecular flexibility index (Phi) is 7.22. The first kappa shape index (κ1) is 23.0. The Labute approximate surface area is 197 Å². The molecule has 1 N–H and O–H groups in total. The normalized spacial score (nSPS) is 10.9. The van der Waals surface area contributed by atoms with Crippen LogP contribution >= 0.6 is 0 Å². The summed E-state index contributed by atoms with van der Waals surface area (Å²) in [6.45, 7) is 5.25. The van der Waals surface area contributed by atoms with Gasteiger partial charge in [0.15, 0.2) is 5.82 Å². The Balaban J connectivity index is 1.37. The molecule has 0 spiro atoms. The van der Waals surface area contributed by atoms with E-state index in [9.17, 15) is 4.79 Å². The number of rotatable bonds is 11. The fraction of sp³-hybridized carbons (Fsp3) is 0.280. The van der Waals surface area contributed by atoms with Gasteiger partial charge in [-0.25, -0.2) is 9.67 Å². The van der Waals surface area contributed by atoms with Crippen molar-refractivity contribution < 1.29 is 19.4 Å².